The molecule has 0 fully saturated rings. The molecular weight excluding hydrogens is 288 g/mol. The molecule has 8 heteroatoms. The fourth-order valence-corrected chi connectivity index (χ4v) is 1.43. The van der Waals surface area contributed by atoms with Gasteiger partial charge in [0.25, 0.3) is 0 Å². The molecule has 3 N–H and O–H groups in total. The first kappa shape index (κ1) is 16.6. The molecule has 0 aliphatic heterocycles. The number of aliphatic hydroxyl groups excluding tert-OH is 1. The summed E-state index contributed by atoms with van der Waals surface area (Å²) in [6.45, 7) is 4.35. The zero-order valence-corrected chi connectivity index (χ0v) is 11.0. The van der Waals surface area contributed by atoms with Gasteiger partial charge in [-0.15, -0.1) is 0 Å². The molecule has 1 aromatic carbocycles. The fraction of sp³-hybridized carbons (Fsp3) is 0.231. The second-order valence-electron chi connectivity index (χ2n) is 4.22. The van der Waals surface area contributed by atoms with Crippen LogP contribution in [-0.2, 0) is 20.8 Å². The molecule has 114 valence electrons. The van der Waals surface area contributed by atoms with E-state index in [0.29, 0.717) is 0 Å². The van der Waals surface area contributed by atoms with E-state index in [0.717, 1.165) is 12.1 Å². The Hall–Kier alpha value is -2.48. The van der Waals surface area contributed by atoms with E-state index in [4.69, 9.17) is 5.11 Å². The van der Waals surface area contributed by atoms with Crippen LogP contribution in [0.15, 0.2) is 24.3 Å². The van der Waals surface area contributed by atoms with Gasteiger partial charge < -0.3 is 15.1 Å². The molecule has 1 aromatic rings. The molecule has 0 aromatic heterocycles. The number of benzene rings is 1. The number of carboxylic acids is 1. The zero-order chi connectivity index (χ0) is 16.2. The van der Waals surface area contributed by atoms with Crippen LogP contribution in [0.3, 0.4) is 0 Å². The molecule has 0 amide bonds. The van der Waals surface area contributed by atoms with Crippen molar-refractivity contribution in [2.45, 2.75) is 19.4 Å². The van der Waals surface area contributed by atoms with Gasteiger partial charge in [-0.25, -0.2) is 23.9 Å². The monoisotopic (exact) mass is 301 g/mol. The first-order valence-electron chi connectivity index (χ1n) is 5.78. The van der Waals surface area contributed by atoms with E-state index in [2.05, 4.69) is 11.4 Å². The normalized spacial score (nSPS) is 11.6. The van der Waals surface area contributed by atoms with E-state index >= 15 is 0 Å². The highest BCUT2D eigenvalue weighted by Crippen LogP contribution is 2.23. The molecule has 1 rings (SSSR count). The number of halogens is 2. The first-order chi connectivity index (χ1) is 9.73. The summed E-state index contributed by atoms with van der Waals surface area (Å²) in [4.78, 5) is 26.2. The molecule has 0 bridgehead atoms. The molecule has 6 nitrogen and oxygen atoms in total. The lowest BCUT2D eigenvalue weighted by molar-refractivity contribution is -0.142. The van der Waals surface area contributed by atoms with Gasteiger partial charge in [0.1, 0.15) is 5.57 Å². The molecule has 0 aliphatic carbocycles. The van der Waals surface area contributed by atoms with Crippen LogP contribution in [0.5, 0.6) is 0 Å². The van der Waals surface area contributed by atoms with Gasteiger partial charge in [-0.1, -0.05) is 6.58 Å². The Balaban J connectivity index is 2.93. The largest absolute Gasteiger partial charge is 0.477 e. The number of hydrogen-bond acceptors (Lipinski definition) is 5. The number of carboxylic acid groups (broad SMARTS) is 1. The Kier molecular flexibility index (Phi) is 5.37. The van der Waals surface area contributed by atoms with Crippen LogP contribution in [0.25, 0.3) is 0 Å². The van der Waals surface area contributed by atoms with Crippen LogP contribution < -0.4 is 5.48 Å². The summed E-state index contributed by atoms with van der Waals surface area (Å²) in [6, 6.07) is 1.88. The lowest BCUT2D eigenvalue weighted by atomic mass is 10.1. The van der Waals surface area contributed by atoms with Crippen molar-refractivity contribution in [2.75, 3.05) is 5.48 Å². The van der Waals surface area contributed by atoms with Gasteiger partial charge in [0, 0.05) is 12.0 Å². The van der Waals surface area contributed by atoms with Gasteiger partial charge >= 0.3 is 11.9 Å². The molecule has 1 unspecified atom stereocenters. The Morgan fingerprint density at radius 2 is 2.05 bits per heavy atom. The summed E-state index contributed by atoms with van der Waals surface area (Å²) in [7, 11) is 0. The summed E-state index contributed by atoms with van der Waals surface area (Å²) < 4.78 is 26.8. The standard InChI is InChI=1S/C13H13F2NO5/c1-6(17)5-8-10(4-3-9(14)11(8)15)16-21-13(20)7(2)12(18)19/h3-4,6,16-17H,2,5H2,1H3,(H,18,19). The number of carbonyl (C=O) groups excluding carboxylic acids is 1. The maximum Gasteiger partial charge on any atom is 0.369 e. The third-order valence-corrected chi connectivity index (χ3v) is 2.45. The van der Waals surface area contributed by atoms with Crippen molar-refractivity contribution in [3.8, 4) is 0 Å². The van der Waals surface area contributed by atoms with Crippen molar-refractivity contribution >= 4 is 17.6 Å². The highest BCUT2D eigenvalue weighted by Gasteiger charge is 2.19. The smallest absolute Gasteiger partial charge is 0.369 e. The minimum absolute atomic E-state index is 0.110. The average molecular weight is 301 g/mol. The van der Waals surface area contributed by atoms with Crippen LogP contribution in [0.4, 0.5) is 14.5 Å². The van der Waals surface area contributed by atoms with Gasteiger partial charge in [-0.05, 0) is 19.1 Å². The number of rotatable bonds is 6. The molecule has 0 heterocycles. The molecule has 0 aliphatic rings. The highest BCUT2D eigenvalue weighted by atomic mass is 19.2. The third-order valence-electron chi connectivity index (χ3n) is 2.45. The maximum absolute atomic E-state index is 13.7. The molecule has 0 saturated heterocycles. The van der Waals surface area contributed by atoms with Gasteiger partial charge in [0.2, 0.25) is 0 Å². The minimum Gasteiger partial charge on any atom is -0.477 e. The molecule has 0 radical (unpaired) electrons. The van der Waals surface area contributed by atoms with E-state index in [-0.39, 0.29) is 17.7 Å². The van der Waals surface area contributed by atoms with Crippen LogP contribution >= 0.6 is 0 Å². The van der Waals surface area contributed by atoms with E-state index in [1.165, 1.54) is 6.92 Å². The summed E-state index contributed by atoms with van der Waals surface area (Å²) >= 11 is 0. The van der Waals surface area contributed by atoms with Crippen molar-refractivity contribution in [1.29, 1.82) is 0 Å². The van der Waals surface area contributed by atoms with Crippen LogP contribution in [0, 0.1) is 11.6 Å². The number of carbonyl (C=O) groups is 2. The number of nitrogens with one attached hydrogen (secondary N) is 1. The lowest BCUT2D eigenvalue weighted by Gasteiger charge is -2.14. The molecule has 0 spiro atoms. The topological polar surface area (TPSA) is 95.9 Å². The van der Waals surface area contributed by atoms with E-state index in [9.17, 15) is 23.5 Å². The van der Waals surface area contributed by atoms with Gasteiger partial charge in [0.15, 0.2) is 11.6 Å². The highest BCUT2D eigenvalue weighted by molar-refractivity contribution is 6.12. The molecular formula is C13H13F2NO5. The molecule has 21 heavy (non-hydrogen) atoms. The van der Waals surface area contributed by atoms with Crippen LogP contribution in [0.2, 0.25) is 0 Å². The van der Waals surface area contributed by atoms with Crippen molar-refractivity contribution in [3.05, 3.63) is 41.5 Å². The predicted molar refractivity (Wildman–Crippen MR) is 68.2 cm³/mol. The summed E-state index contributed by atoms with van der Waals surface area (Å²) in [6.07, 6.45) is -1.20. The van der Waals surface area contributed by atoms with E-state index < -0.39 is 35.3 Å². The van der Waals surface area contributed by atoms with Crippen molar-refractivity contribution in [2.24, 2.45) is 0 Å². The lowest BCUT2D eigenvalue weighted by Crippen LogP contribution is -2.19. The van der Waals surface area contributed by atoms with E-state index in [1.807, 2.05) is 5.48 Å². The Labute approximate surface area is 118 Å². The second-order valence-corrected chi connectivity index (χ2v) is 4.22. The van der Waals surface area contributed by atoms with Gasteiger partial charge in [-0.3, -0.25) is 0 Å². The van der Waals surface area contributed by atoms with Crippen molar-refractivity contribution in [1.82, 2.24) is 0 Å². The fourth-order valence-electron chi connectivity index (χ4n) is 1.43. The average Bonchev–Trinajstić information content (AvgIpc) is 2.41. The van der Waals surface area contributed by atoms with Crippen LogP contribution in [0.1, 0.15) is 12.5 Å². The Bertz CT molecular complexity index is 586. The number of anilines is 1. The minimum atomic E-state index is -1.57. The number of hydrogen-bond donors (Lipinski definition) is 3. The first-order valence-corrected chi connectivity index (χ1v) is 5.78. The molecule has 0 saturated carbocycles. The molecule has 1 atom stereocenters. The van der Waals surface area contributed by atoms with Gasteiger partial charge in [-0.2, -0.15) is 0 Å². The Morgan fingerprint density at radius 1 is 1.43 bits per heavy atom. The number of aliphatic hydroxyl groups is 1. The summed E-state index contributed by atoms with van der Waals surface area (Å²) in [5.74, 6) is -5.18. The third kappa shape index (κ3) is 4.25. The predicted octanol–water partition coefficient (Wildman–Crippen LogP) is 1.40. The summed E-state index contributed by atoms with van der Waals surface area (Å²) in [5, 5.41) is 17.8. The SMILES string of the molecule is C=C(C(=O)O)C(=O)ONc1ccc(F)c(F)c1CC(C)O. The number of aliphatic carboxylic acids is 1. The van der Waals surface area contributed by atoms with Crippen molar-refractivity contribution < 1.29 is 33.4 Å². The van der Waals surface area contributed by atoms with Gasteiger partial charge in [0.05, 0.1) is 11.8 Å². The quantitative estimate of drug-likeness (QED) is 0.318. The second kappa shape index (κ2) is 6.80. The Morgan fingerprint density at radius 3 is 2.57 bits per heavy atom. The van der Waals surface area contributed by atoms with Crippen LogP contribution in [-0.4, -0.2) is 28.3 Å². The zero-order valence-electron chi connectivity index (χ0n) is 11.0. The summed E-state index contributed by atoms with van der Waals surface area (Å²) in [5.41, 5.74) is 0.852. The maximum atomic E-state index is 13.7. The van der Waals surface area contributed by atoms with E-state index in [1.54, 1.807) is 0 Å². The van der Waals surface area contributed by atoms with Crippen molar-refractivity contribution in [3.63, 3.8) is 0 Å².